The fourth-order valence-corrected chi connectivity index (χ4v) is 10.0. The van der Waals surface area contributed by atoms with Crippen molar-refractivity contribution in [2.45, 2.75) is 89.8 Å². The number of carbonyl (C=O) groups is 1. The molecular formula is C20H36O5Si. The van der Waals surface area contributed by atoms with Gasteiger partial charge in [-0.25, -0.2) is 0 Å². The van der Waals surface area contributed by atoms with Gasteiger partial charge in [0.25, 0.3) is 0 Å². The lowest BCUT2D eigenvalue weighted by molar-refractivity contribution is -0.119. The molecule has 0 spiro atoms. The summed E-state index contributed by atoms with van der Waals surface area (Å²) in [6, 6.07) is 0. The Morgan fingerprint density at radius 2 is 1.65 bits per heavy atom. The molecule has 0 N–H and O–H groups in total. The summed E-state index contributed by atoms with van der Waals surface area (Å²) >= 11 is 0. The van der Waals surface area contributed by atoms with Gasteiger partial charge in [-0.2, -0.15) is 0 Å². The van der Waals surface area contributed by atoms with E-state index in [4.69, 9.17) is 18.6 Å². The van der Waals surface area contributed by atoms with E-state index in [0.717, 1.165) is 6.42 Å². The summed E-state index contributed by atoms with van der Waals surface area (Å²) < 4.78 is 23.5. The summed E-state index contributed by atoms with van der Waals surface area (Å²) in [5, 5.41) is 0. The van der Waals surface area contributed by atoms with Crippen molar-refractivity contribution in [2.75, 3.05) is 19.8 Å². The molecule has 2 aliphatic rings. The summed E-state index contributed by atoms with van der Waals surface area (Å²) in [5.74, 6) is 0.799. The van der Waals surface area contributed by atoms with Gasteiger partial charge in [0.05, 0.1) is 19.6 Å². The molecular weight excluding hydrogens is 348 g/mol. The molecule has 0 aliphatic carbocycles. The number of hydrogen-bond acceptors (Lipinski definition) is 5. The Morgan fingerprint density at radius 3 is 2.19 bits per heavy atom. The molecule has 2 heterocycles. The quantitative estimate of drug-likeness (QED) is 0.545. The number of allylic oxidation sites excluding steroid dienone is 1. The van der Waals surface area contributed by atoms with Crippen molar-refractivity contribution in [1.82, 2.24) is 0 Å². The van der Waals surface area contributed by atoms with E-state index < -0.39 is 8.32 Å². The van der Waals surface area contributed by atoms with E-state index >= 15 is 0 Å². The lowest BCUT2D eigenvalue weighted by Crippen LogP contribution is -2.48. The van der Waals surface area contributed by atoms with Crippen molar-refractivity contribution in [2.24, 2.45) is 0 Å². The highest BCUT2D eigenvalue weighted by Gasteiger charge is 2.45. The molecule has 0 aromatic heterocycles. The first kappa shape index (κ1) is 21.6. The molecule has 0 bridgehead atoms. The maximum absolute atomic E-state index is 12.1. The minimum absolute atomic E-state index is 0.109. The lowest BCUT2D eigenvalue weighted by atomic mass is 10.1. The Labute approximate surface area is 159 Å². The Morgan fingerprint density at radius 1 is 1.08 bits per heavy atom. The Bertz CT molecular complexity index is 473. The molecule has 0 amide bonds. The number of ketones is 1. The fraction of sp³-hybridized carbons (Fsp3) is 0.850. The largest absolute Gasteiger partial charge is 0.494 e. The molecule has 0 unspecified atom stereocenters. The van der Waals surface area contributed by atoms with Gasteiger partial charge in [-0.05, 0) is 16.6 Å². The Kier molecular flexibility index (Phi) is 7.88. The van der Waals surface area contributed by atoms with Crippen molar-refractivity contribution in [3.63, 3.8) is 0 Å². The molecule has 0 saturated carbocycles. The van der Waals surface area contributed by atoms with E-state index in [2.05, 4.69) is 41.5 Å². The van der Waals surface area contributed by atoms with Crippen molar-refractivity contribution in [1.29, 1.82) is 0 Å². The second-order valence-electron chi connectivity index (χ2n) is 8.35. The smallest absolute Gasteiger partial charge is 0.200 e. The highest BCUT2D eigenvalue weighted by molar-refractivity contribution is 6.77. The normalized spacial score (nSPS) is 22.4. The van der Waals surface area contributed by atoms with Crippen LogP contribution in [0.25, 0.3) is 0 Å². The predicted octanol–water partition coefficient (Wildman–Crippen LogP) is 4.57. The van der Waals surface area contributed by atoms with Gasteiger partial charge < -0.3 is 18.6 Å². The van der Waals surface area contributed by atoms with Crippen LogP contribution < -0.4 is 0 Å². The van der Waals surface area contributed by atoms with E-state index in [1.54, 1.807) is 6.08 Å². The zero-order valence-corrected chi connectivity index (χ0v) is 18.2. The van der Waals surface area contributed by atoms with E-state index in [-0.39, 0.29) is 18.2 Å². The maximum atomic E-state index is 12.1. The van der Waals surface area contributed by atoms with Crippen molar-refractivity contribution < 1.29 is 23.4 Å². The van der Waals surface area contributed by atoms with E-state index in [1.807, 2.05) is 0 Å². The predicted molar refractivity (Wildman–Crippen MR) is 105 cm³/mol. The van der Waals surface area contributed by atoms with E-state index in [0.29, 0.717) is 55.0 Å². The number of carbonyl (C=O) groups excluding carboxylic acids is 1. The van der Waals surface area contributed by atoms with Gasteiger partial charge in [-0.3, -0.25) is 4.79 Å². The van der Waals surface area contributed by atoms with Gasteiger partial charge in [0.15, 0.2) is 20.4 Å². The average molecular weight is 385 g/mol. The minimum Gasteiger partial charge on any atom is -0.494 e. The molecule has 0 aromatic rings. The minimum atomic E-state index is -1.87. The van der Waals surface area contributed by atoms with Crippen molar-refractivity contribution in [3.05, 3.63) is 11.8 Å². The number of hydrogen-bond donors (Lipinski definition) is 0. The Hall–Kier alpha value is -0.693. The molecule has 2 rings (SSSR count). The van der Waals surface area contributed by atoms with Crippen LogP contribution in [0.2, 0.25) is 16.6 Å². The highest BCUT2D eigenvalue weighted by Crippen LogP contribution is 2.42. The SMILES string of the molecule is CC(C)[Si](OCC[C@H]1CC(=O)C=C(CC2OCCO2)O1)(C(C)C)C(C)C. The van der Waals surface area contributed by atoms with Crippen LogP contribution in [0.15, 0.2) is 11.8 Å². The highest BCUT2D eigenvalue weighted by atomic mass is 28.4. The summed E-state index contributed by atoms with van der Waals surface area (Å²) in [4.78, 5) is 12.1. The van der Waals surface area contributed by atoms with Crippen LogP contribution in [-0.2, 0) is 23.4 Å². The molecule has 0 radical (unpaired) electrons. The van der Waals surface area contributed by atoms with Gasteiger partial charge in [0.2, 0.25) is 0 Å². The van der Waals surface area contributed by atoms with Gasteiger partial charge >= 0.3 is 0 Å². The van der Waals surface area contributed by atoms with Crippen LogP contribution in [-0.4, -0.2) is 46.3 Å². The van der Waals surface area contributed by atoms with Crippen molar-refractivity contribution >= 4 is 14.1 Å². The third kappa shape index (κ3) is 5.18. The third-order valence-corrected chi connectivity index (χ3v) is 11.7. The first-order valence-electron chi connectivity index (χ1n) is 10.0. The average Bonchev–Trinajstić information content (AvgIpc) is 3.02. The second-order valence-corrected chi connectivity index (χ2v) is 13.8. The summed E-state index contributed by atoms with van der Waals surface area (Å²) in [6.45, 7) is 15.6. The number of ether oxygens (including phenoxy) is 3. The maximum Gasteiger partial charge on any atom is 0.200 e. The molecule has 6 heteroatoms. The van der Waals surface area contributed by atoms with Gasteiger partial charge in [-0.1, -0.05) is 41.5 Å². The zero-order valence-electron chi connectivity index (χ0n) is 17.2. The third-order valence-electron chi connectivity index (χ3n) is 5.63. The lowest BCUT2D eigenvalue weighted by Gasteiger charge is -2.42. The van der Waals surface area contributed by atoms with Gasteiger partial charge in [0, 0.05) is 25.5 Å². The second kappa shape index (κ2) is 9.49. The summed E-state index contributed by atoms with van der Waals surface area (Å²) in [5.41, 5.74) is 1.68. The van der Waals surface area contributed by atoms with E-state index in [1.165, 1.54) is 0 Å². The molecule has 1 saturated heterocycles. The van der Waals surface area contributed by atoms with Crippen molar-refractivity contribution in [3.8, 4) is 0 Å². The van der Waals surface area contributed by atoms with Crippen LogP contribution in [0.3, 0.4) is 0 Å². The van der Waals surface area contributed by atoms with Crippen LogP contribution in [0, 0.1) is 0 Å². The van der Waals surface area contributed by atoms with Gasteiger partial charge in [0.1, 0.15) is 11.9 Å². The molecule has 2 aliphatic heterocycles. The molecule has 150 valence electrons. The van der Waals surface area contributed by atoms with Crippen LogP contribution in [0.5, 0.6) is 0 Å². The van der Waals surface area contributed by atoms with Crippen LogP contribution in [0.1, 0.15) is 60.8 Å². The fourth-order valence-electron chi connectivity index (χ4n) is 4.58. The van der Waals surface area contributed by atoms with Gasteiger partial charge in [-0.15, -0.1) is 0 Å². The monoisotopic (exact) mass is 384 g/mol. The summed E-state index contributed by atoms with van der Waals surface area (Å²) in [7, 11) is -1.87. The van der Waals surface area contributed by atoms with Crippen LogP contribution in [0.4, 0.5) is 0 Å². The molecule has 0 aromatic carbocycles. The first-order chi connectivity index (χ1) is 12.3. The number of rotatable bonds is 9. The molecule has 1 atom stereocenters. The van der Waals surface area contributed by atoms with Crippen LogP contribution >= 0.6 is 0 Å². The molecule has 26 heavy (non-hydrogen) atoms. The molecule has 5 nitrogen and oxygen atoms in total. The first-order valence-corrected chi connectivity index (χ1v) is 12.2. The van der Waals surface area contributed by atoms with E-state index in [9.17, 15) is 4.79 Å². The Balaban J connectivity index is 1.90. The topological polar surface area (TPSA) is 54.0 Å². The summed E-state index contributed by atoms with van der Waals surface area (Å²) in [6.07, 6.45) is 2.88. The molecule has 1 fully saturated rings. The standard InChI is InChI=1S/C20H36O5Si/c1-14(2)26(15(3)4,16(5)6)24-8-7-18-11-17(21)12-19(25-18)13-20-22-9-10-23-20/h12,14-16,18,20H,7-11,13H2,1-6H3/t18-/m0/s1. The zero-order chi connectivity index (χ0) is 19.3.